The molecule has 2 aromatic carbocycles. The highest BCUT2D eigenvalue weighted by Gasteiger charge is 2.32. The molecule has 6 heteroatoms. The topological polar surface area (TPSA) is 72.9 Å². The number of carbonyl (C=O) groups excluding carboxylic acids is 2. The van der Waals surface area contributed by atoms with Crippen molar-refractivity contribution < 1.29 is 14.7 Å². The van der Waals surface area contributed by atoms with Crippen LogP contribution in [0.25, 0.3) is 11.1 Å². The molecule has 2 aliphatic rings. The molecular formula is C27H33N3O3. The zero-order chi connectivity index (χ0) is 23.0. The van der Waals surface area contributed by atoms with Crippen LogP contribution >= 0.6 is 0 Å². The number of nitrogens with one attached hydrogen (secondary N) is 1. The molecule has 1 aliphatic carbocycles. The monoisotopic (exact) mass is 447 g/mol. The van der Waals surface area contributed by atoms with Gasteiger partial charge < -0.3 is 10.4 Å². The Balaban J connectivity index is 1.32. The maximum atomic E-state index is 12.9. The van der Waals surface area contributed by atoms with Gasteiger partial charge in [0, 0.05) is 64.9 Å². The number of piperazine rings is 1. The highest BCUT2D eigenvalue weighted by Crippen LogP contribution is 2.37. The van der Waals surface area contributed by atoms with E-state index in [0.717, 1.165) is 56.0 Å². The van der Waals surface area contributed by atoms with Gasteiger partial charge in [0.05, 0.1) is 12.2 Å². The molecule has 0 bridgehead atoms. The summed E-state index contributed by atoms with van der Waals surface area (Å²) >= 11 is 0. The van der Waals surface area contributed by atoms with Gasteiger partial charge in [-0.05, 0) is 22.6 Å². The van der Waals surface area contributed by atoms with Crippen LogP contribution in [0.4, 0.5) is 0 Å². The Hall–Kier alpha value is -2.80. The minimum atomic E-state index is -0.0891. The number of aliphatic hydroxyl groups excluding tert-OH is 1. The van der Waals surface area contributed by atoms with Gasteiger partial charge in [-0.25, -0.2) is 0 Å². The Bertz CT molecular complexity index is 961. The molecule has 6 nitrogen and oxygen atoms in total. The number of ketones is 2. The van der Waals surface area contributed by atoms with Crippen molar-refractivity contribution >= 4 is 11.6 Å². The third-order valence-corrected chi connectivity index (χ3v) is 6.65. The van der Waals surface area contributed by atoms with Gasteiger partial charge in [0.15, 0.2) is 11.6 Å². The van der Waals surface area contributed by atoms with Crippen molar-refractivity contribution in [2.75, 3.05) is 52.4 Å². The lowest BCUT2D eigenvalue weighted by atomic mass is 9.78. The summed E-state index contributed by atoms with van der Waals surface area (Å²) in [6.45, 7) is 6.37. The minimum Gasteiger partial charge on any atom is -0.395 e. The molecule has 174 valence electrons. The molecule has 0 atom stereocenters. The first kappa shape index (κ1) is 23.4. The van der Waals surface area contributed by atoms with E-state index < -0.39 is 0 Å². The number of aliphatic hydroxyl groups is 1. The highest BCUT2D eigenvalue weighted by molar-refractivity contribution is 6.22. The SMILES string of the molecule is O=C1CC(c2ccccc2-c2ccccc2)CC(=O)C1=CNCCN1CCN(CCO)CC1. The standard InChI is InChI=1S/C27H33N3O3/c31-17-16-30-14-12-29(13-15-30)11-10-28-20-25-26(32)18-22(19-27(25)33)24-9-5-4-8-23(24)21-6-2-1-3-7-21/h1-9,20,22,28,31H,10-19H2. The van der Waals surface area contributed by atoms with Crippen LogP contribution in [-0.4, -0.2) is 78.9 Å². The minimum absolute atomic E-state index is 0.0794. The fourth-order valence-electron chi connectivity index (χ4n) is 4.78. The lowest BCUT2D eigenvalue weighted by Crippen LogP contribution is -2.48. The molecule has 2 fully saturated rings. The fourth-order valence-corrected chi connectivity index (χ4v) is 4.78. The zero-order valence-electron chi connectivity index (χ0n) is 19.1. The van der Waals surface area contributed by atoms with E-state index >= 15 is 0 Å². The molecule has 2 N–H and O–H groups in total. The molecule has 0 aromatic heterocycles. The Morgan fingerprint density at radius 3 is 2.12 bits per heavy atom. The molecule has 1 aliphatic heterocycles. The molecular weight excluding hydrogens is 414 g/mol. The van der Waals surface area contributed by atoms with Crippen LogP contribution in [0.5, 0.6) is 0 Å². The maximum absolute atomic E-state index is 12.9. The van der Waals surface area contributed by atoms with Gasteiger partial charge in [0.25, 0.3) is 0 Å². The molecule has 0 spiro atoms. The van der Waals surface area contributed by atoms with Gasteiger partial charge in [-0.1, -0.05) is 54.6 Å². The number of carbonyl (C=O) groups is 2. The van der Waals surface area contributed by atoms with Gasteiger partial charge >= 0.3 is 0 Å². The lowest BCUT2D eigenvalue weighted by Gasteiger charge is -2.34. The molecule has 33 heavy (non-hydrogen) atoms. The summed E-state index contributed by atoms with van der Waals surface area (Å²) < 4.78 is 0. The van der Waals surface area contributed by atoms with Crippen LogP contribution in [-0.2, 0) is 9.59 Å². The summed E-state index contributed by atoms with van der Waals surface area (Å²) in [7, 11) is 0. The Kier molecular flexibility index (Phi) is 8.05. The fraction of sp³-hybridized carbons (Fsp3) is 0.407. The van der Waals surface area contributed by atoms with E-state index in [2.05, 4.69) is 33.3 Å². The zero-order valence-corrected chi connectivity index (χ0v) is 19.1. The number of rotatable bonds is 8. The second kappa shape index (κ2) is 11.4. The molecule has 0 unspecified atom stereocenters. The van der Waals surface area contributed by atoms with Crippen LogP contribution in [0.15, 0.2) is 66.4 Å². The van der Waals surface area contributed by atoms with Crippen molar-refractivity contribution in [1.29, 1.82) is 0 Å². The summed E-state index contributed by atoms with van der Waals surface area (Å²) in [5, 5.41) is 12.2. The van der Waals surface area contributed by atoms with Crippen molar-refractivity contribution in [3.63, 3.8) is 0 Å². The summed E-state index contributed by atoms with van der Waals surface area (Å²) in [5.41, 5.74) is 3.57. The quantitative estimate of drug-likeness (QED) is 0.368. The first-order chi connectivity index (χ1) is 16.2. The third kappa shape index (κ3) is 5.96. The molecule has 0 amide bonds. The van der Waals surface area contributed by atoms with E-state index in [0.29, 0.717) is 25.0 Å². The third-order valence-electron chi connectivity index (χ3n) is 6.65. The van der Waals surface area contributed by atoms with E-state index in [1.54, 1.807) is 6.20 Å². The van der Waals surface area contributed by atoms with Gasteiger partial charge in [0.2, 0.25) is 0 Å². The first-order valence-electron chi connectivity index (χ1n) is 11.9. The average molecular weight is 448 g/mol. The van der Waals surface area contributed by atoms with E-state index in [1.807, 2.05) is 36.4 Å². The van der Waals surface area contributed by atoms with Crippen molar-refractivity contribution in [3.05, 3.63) is 71.9 Å². The number of hydrogen-bond donors (Lipinski definition) is 2. The second-order valence-electron chi connectivity index (χ2n) is 8.82. The van der Waals surface area contributed by atoms with Crippen LogP contribution in [0.3, 0.4) is 0 Å². The Morgan fingerprint density at radius 1 is 0.848 bits per heavy atom. The number of hydrogen-bond acceptors (Lipinski definition) is 6. The number of benzene rings is 2. The van der Waals surface area contributed by atoms with Crippen molar-refractivity contribution in [2.45, 2.75) is 18.8 Å². The molecule has 2 aromatic rings. The Morgan fingerprint density at radius 2 is 1.45 bits per heavy atom. The second-order valence-corrected chi connectivity index (χ2v) is 8.82. The van der Waals surface area contributed by atoms with Gasteiger partial charge in [-0.3, -0.25) is 19.4 Å². The van der Waals surface area contributed by atoms with Crippen LogP contribution < -0.4 is 5.32 Å². The number of β-amino-alcohol motifs (C(OH)–C–C–N with tert-alkyl or cyclic N) is 1. The van der Waals surface area contributed by atoms with Crippen molar-refractivity contribution in [1.82, 2.24) is 15.1 Å². The van der Waals surface area contributed by atoms with Gasteiger partial charge in [-0.2, -0.15) is 0 Å². The number of Topliss-reactive ketones (excluding diaryl/α,β-unsaturated/α-hetero) is 2. The molecule has 4 rings (SSSR count). The van der Waals surface area contributed by atoms with Gasteiger partial charge in [-0.15, -0.1) is 0 Å². The maximum Gasteiger partial charge on any atom is 0.168 e. The molecule has 1 heterocycles. The van der Waals surface area contributed by atoms with E-state index in [9.17, 15) is 9.59 Å². The molecule has 0 radical (unpaired) electrons. The number of nitrogens with zero attached hydrogens (tertiary/aromatic N) is 2. The first-order valence-corrected chi connectivity index (χ1v) is 11.9. The summed E-state index contributed by atoms with van der Waals surface area (Å²) in [4.78, 5) is 30.4. The van der Waals surface area contributed by atoms with Crippen LogP contribution in [0, 0.1) is 0 Å². The van der Waals surface area contributed by atoms with Gasteiger partial charge in [0.1, 0.15) is 0 Å². The van der Waals surface area contributed by atoms with E-state index in [-0.39, 0.29) is 24.1 Å². The lowest BCUT2D eigenvalue weighted by molar-refractivity contribution is -0.124. The summed E-state index contributed by atoms with van der Waals surface area (Å²) in [6.07, 6.45) is 2.35. The molecule has 1 saturated carbocycles. The number of allylic oxidation sites excluding steroid dienone is 1. The van der Waals surface area contributed by atoms with E-state index in [4.69, 9.17) is 5.11 Å². The molecule has 1 saturated heterocycles. The van der Waals surface area contributed by atoms with E-state index in [1.165, 1.54) is 0 Å². The Labute approximate surface area is 195 Å². The summed E-state index contributed by atoms with van der Waals surface area (Å²) in [6, 6.07) is 18.2. The normalized spacial score (nSPS) is 20.2. The van der Waals surface area contributed by atoms with Crippen LogP contribution in [0.1, 0.15) is 24.3 Å². The van der Waals surface area contributed by atoms with Crippen molar-refractivity contribution in [3.8, 4) is 11.1 Å². The highest BCUT2D eigenvalue weighted by atomic mass is 16.3. The summed E-state index contributed by atoms with van der Waals surface area (Å²) in [5.74, 6) is -0.248. The predicted molar refractivity (Wildman–Crippen MR) is 130 cm³/mol. The van der Waals surface area contributed by atoms with Crippen molar-refractivity contribution in [2.24, 2.45) is 0 Å². The largest absolute Gasteiger partial charge is 0.395 e. The smallest absolute Gasteiger partial charge is 0.168 e. The average Bonchev–Trinajstić information content (AvgIpc) is 2.85. The van der Waals surface area contributed by atoms with Crippen LogP contribution in [0.2, 0.25) is 0 Å². The predicted octanol–water partition coefficient (Wildman–Crippen LogP) is 2.45.